The van der Waals surface area contributed by atoms with Gasteiger partial charge in [-0.05, 0) is 42.0 Å². The third-order valence-electron chi connectivity index (χ3n) is 4.75. The quantitative estimate of drug-likeness (QED) is 0.674. The standard InChI is InChI=1S/C22H19ClN4O2/c1-28-19-4-3-15(23)10-17(19)18-11-16(14-9-20(29-2)22(24)26-12-14)21(27-18)13-5-7-25-8-6-13/h3-10,12H,11H2,1-2H3,(H2,24,26). The predicted molar refractivity (Wildman–Crippen MR) is 115 cm³/mol. The molecule has 0 spiro atoms. The molecule has 0 saturated carbocycles. The van der Waals surface area contributed by atoms with Gasteiger partial charge in [0, 0.05) is 46.7 Å². The van der Waals surface area contributed by atoms with Gasteiger partial charge in [0.05, 0.1) is 25.6 Å². The molecule has 0 atom stereocenters. The molecule has 0 fully saturated rings. The first-order chi connectivity index (χ1) is 14.1. The minimum Gasteiger partial charge on any atom is -0.496 e. The second-order valence-corrected chi connectivity index (χ2v) is 6.89. The van der Waals surface area contributed by atoms with Crippen LogP contribution in [0.5, 0.6) is 11.5 Å². The summed E-state index contributed by atoms with van der Waals surface area (Å²) in [6, 6.07) is 11.3. The lowest BCUT2D eigenvalue weighted by Crippen LogP contribution is -2.02. The van der Waals surface area contributed by atoms with Crippen molar-refractivity contribution in [3.05, 3.63) is 76.7 Å². The number of halogens is 1. The normalized spacial score (nSPS) is 13.4. The van der Waals surface area contributed by atoms with Crippen LogP contribution in [0.1, 0.15) is 23.1 Å². The number of hydrogen-bond acceptors (Lipinski definition) is 6. The summed E-state index contributed by atoms with van der Waals surface area (Å²) >= 11 is 6.24. The summed E-state index contributed by atoms with van der Waals surface area (Å²) in [7, 11) is 3.21. The molecule has 1 aromatic carbocycles. The van der Waals surface area contributed by atoms with E-state index in [1.165, 1.54) is 0 Å². The van der Waals surface area contributed by atoms with Crippen molar-refractivity contribution < 1.29 is 9.47 Å². The minimum absolute atomic E-state index is 0.345. The van der Waals surface area contributed by atoms with Gasteiger partial charge in [-0.2, -0.15) is 0 Å². The van der Waals surface area contributed by atoms with Crippen LogP contribution in [0.3, 0.4) is 0 Å². The molecule has 2 aromatic heterocycles. The van der Waals surface area contributed by atoms with Gasteiger partial charge >= 0.3 is 0 Å². The fourth-order valence-corrected chi connectivity index (χ4v) is 3.50. The molecule has 0 radical (unpaired) electrons. The number of benzene rings is 1. The maximum absolute atomic E-state index is 6.24. The van der Waals surface area contributed by atoms with Crippen molar-refractivity contribution in [3.8, 4) is 11.5 Å². The van der Waals surface area contributed by atoms with Crippen LogP contribution in [0, 0.1) is 0 Å². The first kappa shape index (κ1) is 19.0. The van der Waals surface area contributed by atoms with Crippen molar-refractivity contribution in [1.82, 2.24) is 9.97 Å². The summed E-state index contributed by atoms with van der Waals surface area (Å²) in [5, 5.41) is 0.623. The molecule has 3 heterocycles. The Morgan fingerprint density at radius 3 is 2.45 bits per heavy atom. The van der Waals surface area contributed by atoms with E-state index in [1.807, 2.05) is 30.3 Å². The fourth-order valence-electron chi connectivity index (χ4n) is 3.33. The number of nitrogens with two attached hydrogens (primary N) is 1. The summed E-state index contributed by atoms with van der Waals surface area (Å²) < 4.78 is 10.9. The number of ether oxygens (including phenoxy) is 2. The van der Waals surface area contributed by atoms with Crippen LogP contribution in [0.15, 0.2) is 60.0 Å². The van der Waals surface area contributed by atoms with E-state index in [4.69, 9.17) is 31.8 Å². The average molecular weight is 407 g/mol. The minimum atomic E-state index is 0.345. The number of rotatable bonds is 5. The number of allylic oxidation sites excluding steroid dienone is 1. The summed E-state index contributed by atoms with van der Waals surface area (Å²) in [6.45, 7) is 0. The molecule has 4 rings (SSSR count). The highest BCUT2D eigenvalue weighted by atomic mass is 35.5. The van der Waals surface area contributed by atoms with Crippen molar-refractivity contribution in [2.24, 2.45) is 4.99 Å². The van der Waals surface area contributed by atoms with Crippen LogP contribution in [0.25, 0.3) is 11.3 Å². The van der Waals surface area contributed by atoms with Gasteiger partial charge in [0.1, 0.15) is 5.75 Å². The number of nitrogens with zero attached hydrogens (tertiary/aromatic N) is 3. The molecule has 29 heavy (non-hydrogen) atoms. The van der Waals surface area contributed by atoms with E-state index in [0.717, 1.165) is 39.4 Å². The van der Waals surface area contributed by atoms with Crippen molar-refractivity contribution in [2.75, 3.05) is 20.0 Å². The molecule has 0 unspecified atom stereocenters. The molecule has 7 heteroatoms. The van der Waals surface area contributed by atoms with Crippen molar-refractivity contribution in [1.29, 1.82) is 0 Å². The van der Waals surface area contributed by atoms with Crippen LogP contribution in [-0.2, 0) is 0 Å². The number of methoxy groups -OCH3 is 2. The van der Waals surface area contributed by atoms with E-state index >= 15 is 0 Å². The largest absolute Gasteiger partial charge is 0.496 e. The van der Waals surface area contributed by atoms with Gasteiger partial charge in [-0.1, -0.05) is 11.6 Å². The maximum atomic E-state index is 6.24. The summed E-state index contributed by atoms with van der Waals surface area (Å²) in [4.78, 5) is 13.3. The van der Waals surface area contributed by atoms with E-state index in [-0.39, 0.29) is 0 Å². The molecule has 6 nitrogen and oxygen atoms in total. The van der Waals surface area contributed by atoms with E-state index in [9.17, 15) is 0 Å². The molecule has 0 amide bonds. The molecule has 0 saturated heterocycles. The fraction of sp³-hybridized carbons (Fsp3) is 0.136. The van der Waals surface area contributed by atoms with Crippen LogP contribution in [0.2, 0.25) is 5.02 Å². The van der Waals surface area contributed by atoms with Gasteiger partial charge in [-0.3, -0.25) is 9.98 Å². The van der Waals surface area contributed by atoms with Gasteiger partial charge in [-0.25, -0.2) is 4.98 Å². The number of nitrogen functional groups attached to an aromatic ring is 1. The Kier molecular flexibility index (Phi) is 5.18. The molecule has 0 aliphatic carbocycles. The first-order valence-electron chi connectivity index (χ1n) is 8.95. The first-order valence-corrected chi connectivity index (χ1v) is 9.33. The van der Waals surface area contributed by atoms with Crippen LogP contribution >= 0.6 is 11.6 Å². The highest BCUT2D eigenvalue weighted by Crippen LogP contribution is 2.40. The van der Waals surface area contributed by atoms with Crippen molar-refractivity contribution in [3.63, 3.8) is 0 Å². The third-order valence-corrected chi connectivity index (χ3v) is 4.99. The number of pyridine rings is 2. The van der Waals surface area contributed by atoms with Gasteiger partial charge in [0.15, 0.2) is 11.6 Å². The van der Waals surface area contributed by atoms with E-state index < -0.39 is 0 Å². The summed E-state index contributed by atoms with van der Waals surface area (Å²) in [5.41, 5.74) is 11.3. The smallest absolute Gasteiger partial charge is 0.166 e. The van der Waals surface area contributed by atoms with Gasteiger partial charge in [0.25, 0.3) is 0 Å². The van der Waals surface area contributed by atoms with Crippen LogP contribution < -0.4 is 15.2 Å². The van der Waals surface area contributed by atoms with E-state index in [1.54, 1.807) is 38.9 Å². The second-order valence-electron chi connectivity index (χ2n) is 6.45. The van der Waals surface area contributed by atoms with Crippen molar-refractivity contribution >= 4 is 34.4 Å². The predicted octanol–water partition coefficient (Wildman–Crippen LogP) is 4.49. The van der Waals surface area contributed by atoms with E-state index in [0.29, 0.717) is 23.0 Å². The number of aliphatic imine (C=N–C) groups is 1. The number of aromatic nitrogens is 2. The lowest BCUT2D eigenvalue weighted by atomic mass is 9.97. The Morgan fingerprint density at radius 2 is 1.72 bits per heavy atom. The SMILES string of the molecule is COc1ccc(Cl)cc1C1=NC(c2ccncc2)=C(c2cnc(N)c(OC)c2)C1. The molecule has 146 valence electrons. The Bertz CT molecular complexity index is 1130. The molecule has 1 aliphatic rings. The summed E-state index contributed by atoms with van der Waals surface area (Å²) in [5.74, 6) is 1.59. The zero-order chi connectivity index (χ0) is 20.4. The monoisotopic (exact) mass is 406 g/mol. The molecular weight excluding hydrogens is 388 g/mol. The Labute approximate surface area is 173 Å². The topological polar surface area (TPSA) is 82.6 Å². The van der Waals surface area contributed by atoms with Gasteiger partial charge in [0.2, 0.25) is 0 Å². The van der Waals surface area contributed by atoms with Gasteiger partial charge < -0.3 is 15.2 Å². The Balaban J connectivity index is 1.85. The highest BCUT2D eigenvalue weighted by molar-refractivity contribution is 6.31. The molecule has 1 aliphatic heterocycles. The molecule has 0 bridgehead atoms. The molecule has 2 N–H and O–H groups in total. The van der Waals surface area contributed by atoms with Crippen molar-refractivity contribution in [2.45, 2.75) is 6.42 Å². The lowest BCUT2D eigenvalue weighted by Gasteiger charge is -2.11. The summed E-state index contributed by atoms with van der Waals surface area (Å²) in [6.07, 6.45) is 5.82. The molecule has 3 aromatic rings. The highest BCUT2D eigenvalue weighted by Gasteiger charge is 2.25. The number of hydrogen-bond donors (Lipinski definition) is 1. The lowest BCUT2D eigenvalue weighted by molar-refractivity contribution is 0.414. The zero-order valence-electron chi connectivity index (χ0n) is 16.0. The maximum Gasteiger partial charge on any atom is 0.166 e. The van der Waals surface area contributed by atoms with E-state index in [2.05, 4.69) is 9.97 Å². The Morgan fingerprint density at radius 1 is 0.966 bits per heavy atom. The average Bonchev–Trinajstić information content (AvgIpc) is 3.20. The Hall–Kier alpha value is -3.38. The zero-order valence-corrected chi connectivity index (χ0v) is 16.8. The third kappa shape index (κ3) is 3.67. The second kappa shape index (κ2) is 7.93. The van der Waals surface area contributed by atoms with Crippen LogP contribution in [-0.4, -0.2) is 29.9 Å². The van der Waals surface area contributed by atoms with Gasteiger partial charge in [-0.15, -0.1) is 0 Å². The van der Waals surface area contributed by atoms with Crippen LogP contribution in [0.4, 0.5) is 5.82 Å². The molecular formula is C22H19ClN4O2. The number of anilines is 1.